The van der Waals surface area contributed by atoms with Gasteiger partial charge in [0.2, 0.25) is 0 Å². The van der Waals surface area contributed by atoms with Crippen LogP contribution in [0.25, 0.3) is 0 Å². The molecule has 0 saturated heterocycles. The zero-order chi connectivity index (χ0) is 19.0. The highest BCUT2D eigenvalue weighted by atomic mass is 32.2. The van der Waals surface area contributed by atoms with E-state index in [1.165, 1.54) is 19.1 Å². The van der Waals surface area contributed by atoms with Gasteiger partial charge < -0.3 is 5.11 Å². The van der Waals surface area contributed by atoms with Gasteiger partial charge in [-0.05, 0) is 36.8 Å². The number of hydrogen-bond acceptors (Lipinski definition) is 3. The smallest absolute Gasteiger partial charge is 0.419 e. The maximum absolute atomic E-state index is 13.3. The van der Waals surface area contributed by atoms with E-state index in [0.717, 1.165) is 6.07 Å². The second-order valence-corrected chi connectivity index (χ2v) is 6.73. The third-order valence-corrected chi connectivity index (χ3v) is 4.65. The number of benzene rings is 2. The van der Waals surface area contributed by atoms with Crippen LogP contribution in [0.4, 0.5) is 23.2 Å². The van der Waals surface area contributed by atoms with Crippen molar-refractivity contribution < 1.29 is 35.9 Å². The van der Waals surface area contributed by atoms with Crippen LogP contribution in [0.1, 0.15) is 21.5 Å². The molecule has 0 unspecified atom stereocenters. The summed E-state index contributed by atoms with van der Waals surface area (Å²) < 4.78 is 78.0. The minimum atomic E-state index is -5.08. The van der Waals surface area contributed by atoms with Gasteiger partial charge in [0.15, 0.2) is 0 Å². The van der Waals surface area contributed by atoms with Crippen molar-refractivity contribution in [2.75, 3.05) is 4.72 Å². The van der Waals surface area contributed by atoms with Crippen molar-refractivity contribution in [1.29, 1.82) is 0 Å². The number of hydrogen-bond donors (Lipinski definition) is 2. The summed E-state index contributed by atoms with van der Waals surface area (Å²) >= 11 is 0. The van der Waals surface area contributed by atoms with Gasteiger partial charge in [0.25, 0.3) is 10.0 Å². The monoisotopic (exact) mass is 377 g/mol. The molecule has 25 heavy (non-hydrogen) atoms. The van der Waals surface area contributed by atoms with Crippen LogP contribution in [-0.4, -0.2) is 19.5 Å². The Balaban J connectivity index is 2.52. The van der Waals surface area contributed by atoms with Crippen molar-refractivity contribution in [3.05, 3.63) is 58.9 Å². The molecular formula is C15H11F4NO4S. The summed E-state index contributed by atoms with van der Waals surface area (Å²) in [5.74, 6) is -3.03. The first-order chi connectivity index (χ1) is 11.4. The largest absolute Gasteiger partial charge is 0.478 e. The normalized spacial score (nSPS) is 12.0. The van der Waals surface area contributed by atoms with E-state index in [2.05, 4.69) is 0 Å². The van der Waals surface area contributed by atoms with Crippen LogP contribution in [0.15, 0.2) is 41.3 Å². The van der Waals surface area contributed by atoms with E-state index in [1.54, 1.807) is 0 Å². The number of alkyl halides is 3. The molecule has 0 bridgehead atoms. The van der Waals surface area contributed by atoms with Crippen LogP contribution in [0.2, 0.25) is 0 Å². The SMILES string of the molecule is Cc1cccc(NS(=O)(=O)c2ccc(F)c(C(F)(F)F)c2)c1C(=O)O. The second kappa shape index (κ2) is 6.36. The Morgan fingerprint density at radius 2 is 1.80 bits per heavy atom. The highest BCUT2D eigenvalue weighted by molar-refractivity contribution is 7.92. The number of aromatic carboxylic acids is 1. The minimum absolute atomic E-state index is 0.147. The molecule has 0 fully saturated rings. The Bertz CT molecular complexity index is 939. The molecule has 0 amide bonds. The number of carbonyl (C=O) groups is 1. The van der Waals surface area contributed by atoms with Gasteiger partial charge in [0.05, 0.1) is 21.7 Å². The van der Waals surface area contributed by atoms with E-state index in [9.17, 15) is 30.8 Å². The minimum Gasteiger partial charge on any atom is -0.478 e. The third kappa shape index (κ3) is 3.90. The molecule has 5 nitrogen and oxygen atoms in total. The fraction of sp³-hybridized carbons (Fsp3) is 0.133. The molecule has 0 aliphatic heterocycles. The Hall–Kier alpha value is -2.62. The molecule has 2 aromatic carbocycles. The lowest BCUT2D eigenvalue weighted by molar-refractivity contribution is -0.140. The lowest BCUT2D eigenvalue weighted by Crippen LogP contribution is -2.18. The first kappa shape index (κ1) is 18.7. The van der Waals surface area contributed by atoms with Crippen LogP contribution >= 0.6 is 0 Å². The van der Waals surface area contributed by atoms with Crippen LogP contribution < -0.4 is 4.72 Å². The van der Waals surface area contributed by atoms with Crippen molar-refractivity contribution in [3.63, 3.8) is 0 Å². The van der Waals surface area contributed by atoms with Crippen LogP contribution in [-0.2, 0) is 16.2 Å². The summed E-state index contributed by atoms with van der Waals surface area (Å²) in [5, 5.41) is 9.17. The quantitative estimate of drug-likeness (QED) is 0.797. The molecule has 2 aromatic rings. The van der Waals surface area contributed by atoms with Crippen LogP contribution in [0, 0.1) is 12.7 Å². The third-order valence-electron chi connectivity index (χ3n) is 3.28. The van der Waals surface area contributed by atoms with Crippen molar-refractivity contribution in [2.24, 2.45) is 0 Å². The summed E-state index contributed by atoms with van der Waals surface area (Å²) in [6.45, 7) is 1.43. The van der Waals surface area contributed by atoms with E-state index in [1.807, 2.05) is 4.72 Å². The Morgan fingerprint density at radius 1 is 1.16 bits per heavy atom. The zero-order valence-corrected chi connectivity index (χ0v) is 13.4. The van der Waals surface area contributed by atoms with Crippen molar-refractivity contribution in [1.82, 2.24) is 0 Å². The Kier molecular flexibility index (Phi) is 4.76. The molecule has 0 spiro atoms. The van der Waals surface area contributed by atoms with Crippen LogP contribution in [0.3, 0.4) is 0 Å². The fourth-order valence-corrected chi connectivity index (χ4v) is 3.23. The van der Waals surface area contributed by atoms with E-state index in [-0.39, 0.29) is 22.9 Å². The average molecular weight is 377 g/mol. The standard InChI is InChI=1S/C15H11F4NO4S/c1-8-3-2-4-12(13(8)14(21)22)20-25(23,24)9-5-6-11(16)10(7-9)15(17,18)19/h2-7,20H,1H3,(H,21,22). The maximum Gasteiger partial charge on any atom is 0.419 e. The number of sulfonamides is 1. The summed E-state index contributed by atoms with van der Waals surface area (Å²) in [4.78, 5) is 10.4. The molecule has 0 saturated carbocycles. The fourth-order valence-electron chi connectivity index (χ4n) is 2.13. The van der Waals surface area contributed by atoms with E-state index >= 15 is 0 Å². The lowest BCUT2D eigenvalue weighted by atomic mass is 10.1. The molecule has 134 valence electrons. The van der Waals surface area contributed by atoms with Gasteiger partial charge in [0, 0.05) is 0 Å². The van der Waals surface area contributed by atoms with Crippen molar-refractivity contribution in [3.8, 4) is 0 Å². The average Bonchev–Trinajstić information content (AvgIpc) is 2.45. The summed E-state index contributed by atoms with van der Waals surface area (Å²) in [6.07, 6.45) is -5.08. The molecule has 0 atom stereocenters. The molecule has 0 heterocycles. The van der Waals surface area contributed by atoms with Gasteiger partial charge in [-0.1, -0.05) is 12.1 Å². The number of carboxylic acids is 1. The highest BCUT2D eigenvalue weighted by Crippen LogP contribution is 2.33. The molecule has 2 N–H and O–H groups in total. The number of nitrogens with one attached hydrogen (secondary N) is 1. The summed E-state index contributed by atoms with van der Waals surface area (Å²) in [6, 6.07) is 5.15. The van der Waals surface area contributed by atoms with Crippen molar-refractivity contribution in [2.45, 2.75) is 18.0 Å². The molecule has 0 aromatic heterocycles. The summed E-state index contributed by atoms with van der Waals surface area (Å²) in [5.41, 5.74) is -2.14. The highest BCUT2D eigenvalue weighted by Gasteiger charge is 2.35. The first-order valence-corrected chi connectivity index (χ1v) is 8.14. The van der Waals surface area contributed by atoms with Gasteiger partial charge in [-0.3, -0.25) is 4.72 Å². The Labute approximate surface area is 140 Å². The molecule has 0 aliphatic carbocycles. The zero-order valence-electron chi connectivity index (χ0n) is 12.6. The Morgan fingerprint density at radius 3 is 2.36 bits per heavy atom. The molecular weight excluding hydrogens is 366 g/mol. The number of halogens is 4. The number of anilines is 1. The first-order valence-electron chi connectivity index (χ1n) is 6.66. The van der Waals surface area contributed by atoms with Gasteiger partial charge in [-0.15, -0.1) is 0 Å². The van der Waals surface area contributed by atoms with E-state index in [4.69, 9.17) is 5.11 Å². The van der Waals surface area contributed by atoms with Crippen molar-refractivity contribution >= 4 is 21.7 Å². The van der Waals surface area contributed by atoms with Gasteiger partial charge in [-0.2, -0.15) is 13.2 Å². The second-order valence-electron chi connectivity index (χ2n) is 5.05. The van der Waals surface area contributed by atoms with Crippen LogP contribution in [0.5, 0.6) is 0 Å². The lowest BCUT2D eigenvalue weighted by Gasteiger charge is -2.14. The molecule has 2 rings (SSSR count). The summed E-state index contributed by atoms with van der Waals surface area (Å²) in [7, 11) is -4.57. The molecule has 0 aliphatic rings. The molecule has 10 heteroatoms. The number of aryl methyl sites for hydroxylation is 1. The topological polar surface area (TPSA) is 83.5 Å². The van der Waals surface area contributed by atoms with E-state index < -0.39 is 38.4 Å². The number of rotatable bonds is 4. The maximum atomic E-state index is 13.3. The van der Waals surface area contributed by atoms with Gasteiger partial charge >= 0.3 is 12.1 Å². The number of carboxylic acid groups (broad SMARTS) is 1. The predicted molar refractivity (Wildman–Crippen MR) is 80.3 cm³/mol. The van der Waals surface area contributed by atoms with Gasteiger partial charge in [0.1, 0.15) is 5.82 Å². The molecule has 0 radical (unpaired) electrons. The predicted octanol–water partition coefficient (Wildman–Crippen LogP) is 3.65. The van der Waals surface area contributed by atoms with Gasteiger partial charge in [-0.25, -0.2) is 17.6 Å². The van der Waals surface area contributed by atoms with E-state index in [0.29, 0.717) is 12.1 Å².